The van der Waals surface area contributed by atoms with Crippen molar-refractivity contribution in [1.29, 1.82) is 0 Å². The molecular formula is C22H29ClN2O2S. The minimum atomic E-state index is -3.39. The monoisotopic (exact) mass is 420 g/mol. The summed E-state index contributed by atoms with van der Waals surface area (Å²) in [6.07, 6.45) is 3.15. The van der Waals surface area contributed by atoms with E-state index in [1.807, 2.05) is 19.1 Å². The van der Waals surface area contributed by atoms with Gasteiger partial charge in [-0.05, 0) is 60.9 Å². The van der Waals surface area contributed by atoms with E-state index in [1.54, 1.807) is 16.4 Å². The van der Waals surface area contributed by atoms with Crippen LogP contribution < -0.4 is 0 Å². The molecule has 0 N–H and O–H groups in total. The molecule has 2 aromatic carbocycles. The van der Waals surface area contributed by atoms with E-state index < -0.39 is 10.0 Å². The molecule has 0 radical (unpaired) electrons. The van der Waals surface area contributed by atoms with Gasteiger partial charge in [0.25, 0.3) is 0 Å². The summed E-state index contributed by atoms with van der Waals surface area (Å²) in [5.41, 5.74) is 3.86. The van der Waals surface area contributed by atoms with E-state index in [9.17, 15) is 8.42 Å². The molecule has 2 aromatic rings. The molecule has 1 unspecified atom stereocenters. The third-order valence-corrected chi connectivity index (χ3v) is 7.70. The lowest BCUT2D eigenvalue weighted by molar-refractivity contribution is 0.167. The van der Waals surface area contributed by atoms with Crippen LogP contribution in [0.3, 0.4) is 0 Å². The largest absolute Gasteiger partial charge is 0.298 e. The van der Waals surface area contributed by atoms with Gasteiger partial charge in [-0.2, -0.15) is 4.31 Å². The molecule has 1 atom stereocenters. The van der Waals surface area contributed by atoms with Gasteiger partial charge in [0.05, 0.1) is 4.90 Å². The summed E-state index contributed by atoms with van der Waals surface area (Å²) in [6.45, 7) is 6.24. The summed E-state index contributed by atoms with van der Waals surface area (Å²) in [5, 5.41) is 0. The fourth-order valence-corrected chi connectivity index (χ4v) is 6.05. The van der Waals surface area contributed by atoms with Gasteiger partial charge in [0, 0.05) is 32.7 Å². The predicted molar refractivity (Wildman–Crippen MR) is 115 cm³/mol. The Balaban J connectivity index is 0.00000225. The summed E-state index contributed by atoms with van der Waals surface area (Å²) in [5.74, 6) is 0.406. The van der Waals surface area contributed by atoms with Crippen LogP contribution in [0.1, 0.15) is 29.5 Å². The average Bonchev–Trinajstić information content (AvgIpc) is 2.68. The minimum Gasteiger partial charge on any atom is -0.298 e. The number of rotatable bonds is 4. The predicted octanol–water partition coefficient (Wildman–Crippen LogP) is 3.88. The molecule has 0 spiro atoms. The molecular weight excluding hydrogens is 392 g/mol. The molecule has 4 nitrogen and oxygen atoms in total. The van der Waals surface area contributed by atoms with Crippen molar-refractivity contribution >= 4 is 22.4 Å². The molecule has 0 aromatic heterocycles. The number of hydrogen-bond donors (Lipinski definition) is 0. The summed E-state index contributed by atoms with van der Waals surface area (Å²) >= 11 is 0. The maximum absolute atomic E-state index is 13.1. The minimum absolute atomic E-state index is 0. The van der Waals surface area contributed by atoms with E-state index >= 15 is 0 Å². The second kappa shape index (κ2) is 8.95. The number of aryl methyl sites for hydroxylation is 1. The van der Waals surface area contributed by atoms with Crippen molar-refractivity contribution in [3.63, 3.8) is 0 Å². The first-order valence-electron chi connectivity index (χ1n) is 9.88. The van der Waals surface area contributed by atoms with Gasteiger partial charge in [-0.1, -0.05) is 36.4 Å². The molecule has 0 aliphatic carbocycles. The van der Waals surface area contributed by atoms with Gasteiger partial charge in [0.2, 0.25) is 10.0 Å². The normalized spacial score (nSPS) is 21.0. The Morgan fingerprint density at radius 1 is 1.04 bits per heavy atom. The molecule has 28 heavy (non-hydrogen) atoms. The van der Waals surface area contributed by atoms with Crippen LogP contribution in [0, 0.1) is 12.8 Å². The molecule has 0 bridgehead atoms. The van der Waals surface area contributed by atoms with E-state index in [-0.39, 0.29) is 12.4 Å². The molecule has 1 saturated heterocycles. The standard InChI is InChI=1S/C22H28N2O2S.ClH/c1-18-6-4-10-22(14-18)27(25,26)24-12-5-7-19(16-24)15-23-13-11-20-8-2-3-9-21(20)17-23;/h2-4,6,8-10,14,19H,5,7,11-13,15-17H2,1H3;1H. The topological polar surface area (TPSA) is 40.6 Å². The van der Waals surface area contributed by atoms with Crippen LogP contribution in [0.5, 0.6) is 0 Å². The van der Waals surface area contributed by atoms with Crippen LogP contribution in [-0.4, -0.2) is 43.8 Å². The Hall–Kier alpha value is -1.40. The zero-order valence-corrected chi connectivity index (χ0v) is 18.0. The third kappa shape index (κ3) is 4.60. The first kappa shape index (κ1) is 21.3. The van der Waals surface area contributed by atoms with Gasteiger partial charge >= 0.3 is 0 Å². The fraction of sp³-hybridized carbons (Fsp3) is 0.455. The molecule has 2 aliphatic rings. The highest BCUT2D eigenvalue weighted by molar-refractivity contribution is 7.89. The van der Waals surface area contributed by atoms with E-state index in [0.29, 0.717) is 23.9 Å². The summed E-state index contributed by atoms with van der Waals surface area (Å²) in [4.78, 5) is 2.92. The number of piperidine rings is 1. The SMILES string of the molecule is Cc1cccc(S(=O)(=O)N2CCCC(CN3CCc4ccccc4C3)C2)c1.Cl. The number of fused-ring (bicyclic) bond motifs is 1. The van der Waals surface area contributed by atoms with E-state index in [1.165, 1.54) is 11.1 Å². The number of benzene rings is 2. The van der Waals surface area contributed by atoms with Crippen LogP contribution >= 0.6 is 12.4 Å². The summed E-state index contributed by atoms with van der Waals surface area (Å²) in [7, 11) is -3.39. The average molecular weight is 421 g/mol. The van der Waals surface area contributed by atoms with E-state index in [2.05, 4.69) is 29.2 Å². The zero-order chi connectivity index (χ0) is 18.9. The van der Waals surface area contributed by atoms with Crippen molar-refractivity contribution in [1.82, 2.24) is 9.21 Å². The summed E-state index contributed by atoms with van der Waals surface area (Å²) < 4.78 is 27.8. The quantitative estimate of drug-likeness (QED) is 0.753. The van der Waals surface area contributed by atoms with Gasteiger partial charge in [0.15, 0.2) is 0 Å². The van der Waals surface area contributed by atoms with Crippen molar-refractivity contribution < 1.29 is 8.42 Å². The molecule has 2 heterocycles. The Kier molecular flexibility index (Phi) is 6.81. The van der Waals surface area contributed by atoms with Gasteiger partial charge in [-0.25, -0.2) is 8.42 Å². The number of halogens is 1. The molecule has 4 rings (SSSR count). The van der Waals surface area contributed by atoms with Gasteiger partial charge in [-0.15, -0.1) is 12.4 Å². The molecule has 152 valence electrons. The van der Waals surface area contributed by atoms with E-state index in [4.69, 9.17) is 0 Å². The van der Waals surface area contributed by atoms with Crippen molar-refractivity contribution in [2.75, 3.05) is 26.2 Å². The Morgan fingerprint density at radius 2 is 1.82 bits per heavy atom. The van der Waals surface area contributed by atoms with Crippen LogP contribution in [0.2, 0.25) is 0 Å². The summed E-state index contributed by atoms with van der Waals surface area (Å²) in [6, 6.07) is 15.9. The van der Waals surface area contributed by atoms with Crippen molar-refractivity contribution in [3.05, 3.63) is 65.2 Å². The maximum atomic E-state index is 13.1. The molecule has 0 saturated carbocycles. The third-order valence-electron chi connectivity index (χ3n) is 5.84. The lowest BCUT2D eigenvalue weighted by Crippen LogP contribution is -2.44. The van der Waals surface area contributed by atoms with Gasteiger partial charge in [0.1, 0.15) is 0 Å². The number of hydrogen-bond acceptors (Lipinski definition) is 3. The van der Waals surface area contributed by atoms with Crippen molar-refractivity contribution in [2.24, 2.45) is 5.92 Å². The van der Waals surface area contributed by atoms with Crippen LogP contribution in [0.25, 0.3) is 0 Å². The fourth-order valence-electron chi connectivity index (χ4n) is 4.39. The second-order valence-electron chi connectivity index (χ2n) is 7.94. The highest BCUT2D eigenvalue weighted by Crippen LogP contribution is 2.26. The van der Waals surface area contributed by atoms with Crippen LogP contribution in [0.4, 0.5) is 0 Å². The number of sulfonamides is 1. The van der Waals surface area contributed by atoms with Gasteiger partial charge in [-0.3, -0.25) is 4.90 Å². The Morgan fingerprint density at radius 3 is 2.61 bits per heavy atom. The highest BCUT2D eigenvalue weighted by atomic mass is 35.5. The number of nitrogens with zero attached hydrogens (tertiary/aromatic N) is 2. The molecule has 2 aliphatic heterocycles. The first-order chi connectivity index (χ1) is 13.0. The first-order valence-corrected chi connectivity index (χ1v) is 11.3. The van der Waals surface area contributed by atoms with Crippen LogP contribution in [0.15, 0.2) is 53.4 Å². The van der Waals surface area contributed by atoms with Crippen molar-refractivity contribution in [2.45, 2.75) is 37.6 Å². The Labute approximate surface area is 175 Å². The molecule has 1 fully saturated rings. The maximum Gasteiger partial charge on any atom is 0.243 e. The van der Waals surface area contributed by atoms with Crippen molar-refractivity contribution in [3.8, 4) is 0 Å². The zero-order valence-electron chi connectivity index (χ0n) is 16.4. The van der Waals surface area contributed by atoms with Gasteiger partial charge < -0.3 is 0 Å². The smallest absolute Gasteiger partial charge is 0.243 e. The lowest BCUT2D eigenvalue weighted by atomic mass is 9.95. The van der Waals surface area contributed by atoms with E-state index in [0.717, 1.165) is 44.5 Å². The molecule has 6 heteroatoms. The Bertz CT molecular complexity index is 916. The van der Waals surface area contributed by atoms with Crippen LogP contribution in [-0.2, 0) is 23.0 Å². The second-order valence-corrected chi connectivity index (χ2v) is 9.88. The lowest BCUT2D eigenvalue weighted by Gasteiger charge is -2.36. The highest BCUT2D eigenvalue weighted by Gasteiger charge is 2.31. The molecule has 0 amide bonds.